The third-order valence-electron chi connectivity index (χ3n) is 1.97. The Bertz CT molecular complexity index is 308. The van der Waals surface area contributed by atoms with E-state index >= 15 is 0 Å². The van der Waals surface area contributed by atoms with Gasteiger partial charge in [0.1, 0.15) is 0 Å². The van der Waals surface area contributed by atoms with Crippen LogP contribution in [0, 0.1) is 0 Å². The smallest absolute Gasteiger partial charge is 0.0406 e. The van der Waals surface area contributed by atoms with Gasteiger partial charge in [-0.3, -0.25) is 0 Å². The predicted molar refractivity (Wildman–Crippen MR) is 65.9 cm³/mol. The van der Waals surface area contributed by atoms with E-state index in [1.807, 2.05) is 24.3 Å². The van der Waals surface area contributed by atoms with Gasteiger partial charge in [0.2, 0.25) is 0 Å². The summed E-state index contributed by atoms with van der Waals surface area (Å²) in [6, 6.07) is 8.16. The minimum Gasteiger partial charge on any atom is -0.306 e. The Morgan fingerprint density at radius 3 is 2.57 bits per heavy atom. The van der Waals surface area contributed by atoms with E-state index in [2.05, 4.69) is 34.7 Å². The molecule has 1 nitrogen and oxygen atoms in total. The molecule has 0 radical (unpaired) electrons. The number of benzene rings is 1. The van der Waals surface area contributed by atoms with Crippen molar-refractivity contribution in [2.75, 3.05) is 6.54 Å². The molecule has 0 amide bonds. The van der Waals surface area contributed by atoms with Gasteiger partial charge in [-0.25, -0.2) is 0 Å². The van der Waals surface area contributed by atoms with E-state index in [1.54, 1.807) is 0 Å². The van der Waals surface area contributed by atoms with Gasteiger partial charge in [0.25, 0.3) is 0 Å². The highest BCUT2D eigenvalue weighted by Crippen LogP contribution is 2.16. The lowest BCUT2D eigenvalue weighted by atomic mass is 10.1. The molecule has 1 rings (SSSR count). The van der Waals surface area contributed by atoms with Crippen molar-refractivity contribution in [3.63, 3.8) is 0 Å². The molecule has 0 spiro atoms. The van der Waals surface area contributed by atoms with Gasteiger partial charge in [-0.15, -0.1) is 0 Å². The first-order valence-electron chi connectivity index (χ1n) is 4.41. The van der Waals surface area contributed by atoms with Crippen LogP contribution in [0.15, 0.2) is 35.3 Å². The zero-order chi connectivity index (χ0) is 10.6. The van der Waals surface area contributed by atoms with Crippen LogP contribution < -0.4 is 5.32 Å². The van der Waals surface area contributed by atoms with Crippen molar-refractivity contribution in [1.82, 2.24) is 5.32 Å². The SMILES string of the molecule is C=C(Br)CN[C@@H](C)c1ccc(Cl)cc1. The van der Waals surface area contributed by atoms with Gasteiger partial charge in [-0.05, 0) is 24.6 Å². The fraction of sp³-hybridized carbons (Fsp3) is 0.273. The minimum atomic E-state index is 0.307. The third-order valence-corrected chi connectivity index (χ3v) is 2.50. The van der Waals surface area contributed by atoms with Crippen LogP contribution in [-0.2, 0) is 0 Å². The van der Waals surface area contributed by atoms with Crippen molar-refractivity contribution in [1.29, 1.82) is 0 Å². The Hall–Kier alpha value is -0.310. The van der Waals surface area contributed by atoms with E-state index < -0.39 is 0 Å². The van der Waals surface area contributed by atoms with Crippen LogP contribution in [0.5, 0.6) is 0 Å². The molecule has 0 aromatic heterocycles. The average molecular weight is 275 g/mol. The maximum Gasteiger partial charge on any atom is 0.0406 e. The van der Waals surface area contributed by atoms with Gasteiger partial charge in [0, 0.05) is 22.1 Å². The summed E-state index contributed by atoms with van der Waals surface area (Å²) in [5.74, 6) is 0. The molecular weight excluding hydrogens is 261 g/mol. The standard InChI is InChI=1S/C11H13BrClN/c1-8(12)7-14-9(2)10-3-5-11(13)6-4-10/h3-6,9,14H,1,7H2,2H3/t9-/m0/s1. The van der Waals surface area contributed by atoms with Crippen LogP contribution >= 0.6 is 27.5 Å². The largest absolute Gasteiger partial charge is 0.306 e. The van der Waals surface area contributed by atoms with Crippen molar-refractivity contribution in [2.45, 2.75) is 13.0 Å². The van der Waals surface area contributed by atoms with E-state index in [1.165, 1.54) is 5.56 Å². The van der Waals surface area contributed by atoms with E-state index in [9.17, 15) is 0 Å². The molecule has 3 heteroatoms. The molecular formula is C11H13BrClN. The molecule has 0 heterocycles. The molecule has 1 aromatic rings. The summed E-state index contributed by atoms with van der Waals surface area (Å²) in [4.78, 5) is 0. The van der Waals surface area contributed by atoms with E-state index in [4.69, 9.17) is 11.6 Å². The van der Waals surface area contributed by atoms with Crippen molar-refractivity contribution in [2.24, 2.45) is 0 Å². The van der Waals surface area contributed by atoms with Crippen molar-refractivity contribution in [3.8, 4) is 0 Å². The second-order valence-electron chi connectivity index (χ2n) is 3.17. The van der Waals surface area contributed by atoms with Crippen LogP contribution in [-0.4, -0.2) is 6.54 Å². The maximum atomic E-state index is 5.80. The summed E-state index contributed by atoms with van der Waals surface area (Å²) < 4.78 is 0.957. The highest BCUT2D eigenvalue weighted by Gasteiger charge is 2.03. The van der Waals surface area contributed by atoms with Crippen molar-refractivity contribution >= 4 is 27.5 Å². The summed E-state index contributed by atoms with van der Waals surface area (Å²) in [7, 11) is 0. The first kappa shape index (κ1) is 11.8. The number of nitrogens with one attached hydrogen (secondary N) is 1. The normalized spacial score (nSPS) is 12.5. The monoisotopic (exact) mass is 273 g/mol. The molecule has 0 bridgehead atoms. The van der Waals surface area contributed by atoms with Crippen LogP contribution in [0.2, 0.25) is 5.02 Å². The van der Waals surface area contributed by atoms with Gasteiger partial charge in [0.15, 0.2) is 0 Å². The molecule has 0 saturated carbocycles. The molecule has 1 atom stereocenters. The minimum absolute atomic E-state index is 0.307. The second kappa shape index (κ2) is 5.54. The van der Waals surface area contributed by atoms with Gasteiger partial charge < -0.3 is 5.32 Å². The van der Waals surface area contributed by atoms with Crippen LogP contribution in [0.25, 0.3) is 0 Å². The number of rotatable bonds is 4. The summed E-state index contributed by atoms with van der Waals surface area (Å²) in [6.45, 7) is 6.65. The molecule has 1 N–H and O–H groups in total. The Kier molecular flexibility index (Phi) is 4.66. The highest BCUT2D eigenvalue weighted by atomic mass is 79.9. The van der Waals surface area contributed by atoms with Crippen LogP contribution in [0.4, 0.5) is 0 Å². The van der Waals surface area contributed by atoms with E-state index in [-0.39, 0.29) is 0 Å². The molecule has 0 saturated heterocycles. The molecule has 0 unspecified atom stereocenters. The predicted octanol–water partition coefficient (Wildman–Crippen LogP) is 3.90. The Morgan fingerprint density at radius 2 is 2.07 bits per heavy atom. The maximum absolute atomic E-state index is 5.80. The molecule has 76 valence electrons. The summed E-state index contributed by atoms with van der Waals surface area (Å²) >= 11 is 9.11. The van der Waals surface area contributed by atoms with Gasteiger partial charge in [-0.2, -0.15) is 0 Å². The lowest BCUT2D eigenvalue weighted by Crippen LogP contribution is -2.19. The summed E-state index contributed by atoms with van der Waals surface area (Å²) in [5.41, 5.74) is 1.23. The first-order chi connectivity index (χ1) is 6.59. The zero-order valence-corrected chi connectivity index (χ0v) is 10.4. The Balaban J connectivity index is 2.56. The molecule has 14 heavy (non-hydrogen) atoms. The fourth-order valence-electron chi connectivity index (χ4n) is 1.13. The number of halogens is 2. The highest BCUT2D eigenvalue weighted by molar-refractivity contribution is 9.11. The molecule has 0 aliphatic heterocycles. The van der Waals surface area contributed by atoms with Crippen molar-refractivity contribution in [3.05, 3.63) is 45.9 Å². The Labute approximate surface area is 98.3 Å². The lowest BCUT2D eigenvalue weighted by Gasteiger charge is -2.13. The molecule has 1 aromatic carbocycles. The van der Waals surface area contributed by atoms with E-state index in [0.29, 0.717) is 6.04 Å². The van der Waals surface area contributed by atoms with Crippen LogP contribution in [0.1, 0.15) is 18.5 Å². The topological polar surface area (TPSA) is 12.0 Å². The lowest BCUT2D eigenvalue weighted by molar-refractivity contribution is 0.616. The fourth-order valence-corrected chi connectivity index (χ4v) is 1.42. The van der Waals surface area contributed by atoms with Gasteiger partial charge in [-0.1, -0.05) is 46.2 Å². The van der Waals surface area contributed by atoms with Gasteiger partial charge >= 0.3 is 0 Å². The zero-order valence-electron chi connectivity index (χ0n) is 8.06. The van der Waals surface area contributed by atoms with Gasteiger partial charge in [0.05, 0.1) is 0 Å². The number of hydrogen-bond acceptors (Lipinski definition) is 1. The first-order valence-corrected chi connectivity index (χ1v) is 5.59. The Morgan fingerprint density at radius 1 is 1.50 bits per heavy atom. The molecule has 0 fully saturated rings. The average Bonchev–Trinajstić information content (AvgIpc) is 2.15. The summed E-state index contributed by atoms with van der Waals surface area (Å²) in [5, 5.41) is 4.10. The van der Waals surface area contributed by atoms with E-state index in [0.717, 1.165) is 16.0 Å². The third kappa shape index (κ3) is 3.82. The molecule has 0 aliphatic carbocycles. The van der Waals surface area contributed by atoms with Crippen LogP contribution in [0.3, 0.4) is 0 Å². The van der Waals surface area contributed by atoms with Crippen molar-refractivity contribution < 1.29 is 0 Å². The quantitative estimate of drug-likeness (QED) is 0.878. The summed E-state index contributed by atoms with van der Waals surface area (Å²) in [6.07, 6.45) is 0. The second-order valence-corrected chi connectivity index (χ2v) is 4.73. The number of hydrogen-bond donors (Lipinski definition) is 1. The molecule has 0 aliphatic rings.